The van der Waals surface area contributed by atoms with E-state index < -0.39 is 39.7 Å². The molecular formula is C17H24F3NO5S. The molecule has 0 saturated heterocycles. The highest BCUT2D eigenvalue weighted by Crippen LogP contribution is 2.24. The van der Waals surface area contributed by atoms with Crippen molar-refractivity contribution >= 4 is 16.0 Å². The zero-order valence-corrected chi connectivity index (χ0v) is 16.6. The minimum absolute atomic E-state index is 0.297. The van der Waals surface area contributed by atoms with Crippen LogP contribution in [0.4, 0.5) is 13.2 Å². The smallest absolute Gasteiger partial charge is 0.459 e. The molecule has 6 nitrogen and oxygen atoms in total. The average molecular weight is 411 g/mol. The number of carbonyl (C=O) groups excluding carboxylic acids is 1. The Kier molecular flexibility index (Phi) is 7.29. The second-order valence-corrected chi connectivity index (χ2v) is 8.75. The van der Waals surface area contributed by atoms with E-state index in [1.807, 2.05) is 0 Å². The molecule has 0 bridgehead atoms. The van der Waals surface area contributed by atoms with Crippen molar-refractivity contribution in [1.29, 1.82) is 0 Å². The van der Waals surface area contributed by atoms with E-state index in [4.69, 9.17) is 4.74 Å². The van der Waals surface area contributed by atoms with Gasteiger partial charge in [-0.05, 0) is 51.0 Å². The summed E-state index contributed by atoms with van der Waals surface area (Å²) in [6.45, 7) is 8.46. The van der Waals surface area contributed by atoms with Crippen molar-refractivity contribution in [1.82, 2.24) is 4.72 Å². The van der Waals surface area contributed by atoms with Gasteiger partial charge in [-0.15, -0.1) is 13.2 Å². The molecule has 1 aromatic rings. The van der Waals surface area contributed by atoms with Crippen LogP contribution in [0.3, 0.4) is 0 Å². The van der Waals surface area contributed by atoms with Crippen LogP contribution >= 0.6 is 0 Å². The standard InChI is InChI=1S/C17H24F3NO5S/c1-6-11(2)14(15(22)26-16(3,4)5)21-27(23,24)13-9-7-12(8-10-13)25-17(18,19)20/h7-11,14,21H,6H2,1-5H3/t11-,14-/m1/s1. The summed E-state index contributed by atoms with van der Waals surface area (Å²) in [6.07, 6.45) is -4.37. The first-order valence-corrected chi connectivity index (χ1v) is 9.74. The van der Waals surface area contributed by atoms with Gasteiger partial charge in [0.15, 0.2) is 0 Å². The fourth-order valence-corrected chi connectivity index (χ4v) is 3.35. The Bertz CT molecular complexity index is 739. The van der Waals surface area contributed by atoms with Gasteiger partial charge in [0, 0.05) is 0 Å². The van der Waals surface area contributed by atoms with Crippen molar-refractivity contribution in [3.05, 3.63) is 24.3 Å². The largest absolute Gasteiger partial charge is 0.573 e. The maximum atomic E-state index is 12.5. The van der Waals surface area contributed by atoms with E-state index in [9.17, 15) is 26.4 Å². The highest BCUT2D eigenvalue weighted by Gasteiger charge is 2.34. The molecule has 0 aliphatic heterocycles. The highest BCUT2D eigenvalue weighted by atomic mass is 32.2. The number of rotatable bonds is 7. The lowest BCUT2D eigenvalue weighted by Gasteiger charge is -2.27. The highest BCUT2D eigenvalue weighted by molar-refractivity contribution is 7.89. The van der Waals surface area contributed by atoms with Crippen molar-refractivity contribution in [2.45, 2.75) is 63.9 Å². The quantitative estimate of drug-likeness (QED) is 0.693. The summed E-state index contributed by atoms with van der Waals surface area (Å²) in [7, 11) is -4.16. The normalized spacial score (nSPS) is 15.1. The summed E-state index contributed by atoms with van der Waals surface area (Å²) in [5.74, 6) is -1.63. The first-order valence-electron chi connectivity index (χ1n) is 8.25. The molecule has 1 N–H and O–H groups in total. The fraction of sp³-hybridized carbons (Fsp3) is 0.588. The summed E-state index contributed by atoms with van der Waals surface area (Å²) in [5.41, 5.74) is -0.801. The van der Waals surface area contributed by atoms with E-state index >= 15 is 0 Å². The van der Waals surface area contributed by atoms with Gasteiger partial charge in [-0.2, -0.15) is 4.72 Å². The first-order chi connectivity index (χ1) is 12.1. The van der Waals surface area contributed by atoms with Crippen LogP contribution in [-0.4, -0.2) is 32.4 Å². The van der Waals surface area contributed by atoms with Gasteiger partial charge in [0.2, 0.25) is 10.0 Å². The fourth-order valence-electron chi connectivity index (χ4n) is 2.05. The third-order valence-electron chi connectivity index (χ3n) is 3.52. The predicted molar refractivity (Wildman–Crippen MR) is 92.5 cm³/mol. The van der Waals surface area contributed by atoms with Crippen molar-refractivity contribution in [2.24, 2.45) is 5.92 Å². The SMILES string of the molecule is CC[C@@H](C)[C@@H](NS(=O)(=O)c1ccc(OC(F)(F)F)cc1)C(=O)OC(C)(C)C. The third-order valence-corrected chi connectivity index (χ3v) is 4.98. The number of hydrogen-bond donors (Lipinski definition) is 1. The van der Waals surface area contributed by atoms with Crippen molar-refractivity contribution in [3.63, 3.8) is 0 Å². The van der Waals surface area contributed by atoms with Gasteiger partial charge in [0.1, 0.15) is 17.4 Å². The van der Waals surface area contributed by atoms with Crippen molar-refractivity contribution < 1.29 is 35.9 Å². The number of esters is 1. The second-order valence-electron chi connectivity index (χ2n) is 7.04. The Morgan fingerprint density at radius 2 is 1.67 bits per heavy atom. The number of hydrogen-bond acceptors (Lipinski definition) is 5. The molecule has 0 fully saturated rings. The van der Waals surface area contributed by atoms with Crippen LogP contribution in [-0.2, 0) is 19.6 Å². The molecule has 27 heavy (non-hydrogen) atoms. The monoisotopic (exact) mass is 411 g/mol. The summed E-state index contributed by atoms with van der Waals surface area (Å²) in [5, 5.41) is 0. The van der Waals surface area contributed by atoms with E-state index in [1.165, 1.54) is 0 Å². The molecule has 2 atom stereocenters. The van der Waals surface area contributed by atoms with Crippen LogP contribution in [0.25, 0.3) is 0 Å². The number of nitrogens with one attached hydrogen (secondary N) is 1. The lowest BCUT2D eigenvalue weighted by Crippen LogP contribution is -2.47. The molecule has 0 radical (unpaired) electrons. The lowest BCUT2D eigenvalue weighted by atomic mass is 10.00. The maximum absolute atomic E-state index is 12.5. The van der Waals surface area contributed by atoms with Gasteiger partial charge < -0.3 is 9.47 Å². The lowest BCUT2D eigenvalue weighted by molar-refractivity contribution is -0.274. The predicted octanol–water partition coefficient (Wildman–Crippen LogP) is 3.62. The molecule has 0 aliphatic rings. The van der Waals surface area contributed by atoms with Crippen molar-refractivity contribution in [2.75, 3.05) is 0 Å². The summed E-state index contributed by atoms with van der Waals surface area (Å²) in [4.78, 5) is 12.1. The Morgan fingerprint density at radius 3 is 2.07 bits per heavy atom. The number of benzene rings is 1. The minimum Gasteiger partial charge on any atom is -0.459 e. The van der Waals surface area contributed by atoms with Crippen LogP contribution in [0, 0.1) is 5.92 Å². The van der Waals surface area contributed by atoms with E-state index in [-0.39, 0.29) is 10.8 Å². The van der Waals surface area contributed by atoms with Crippen LogP contribution in [0.15, 0.2) is 29.2 Å². The molecule has 1 rings (SSSR count). The summed E-state index contributed by atoms with van der Waals surface area (Å²) < 4.78 is 72.9. The number of halogens is 3. The molecule has 0 unspecified atom stereocenters. The van der Waals surface area contributed by atoms with Gasteiger partial charge >= 0.3 is 12.3 Å². The van der Waals surface area contributed by atoms with Gasteiger partial charge in [0.25, 0.3) is 0 Å². The molecule has 1 aromatic carbocycles. The molecule has 0 aromatic heterocycles. The number of sulfonamides is 1. The van der Waals surface area contributed by atoms with Gasteiger partial charge in [-0.25, -0.2) is 8.42 Å². The van der Waals surface area contributed by atoms with Crippen LogP contribution in [0.5, 0.6) is 5.75 Å². The summed E-state index contributed by atoms with van der Waals surface area (Å²) >= 11 is 0. The van der Waals surface area contributed by atoms with E-state index in [1.54, 1.807) is 34.6 Å². The van der Waals surface area contributed by atoms with Crippen LogP contribution in [0.1, 0.15) is 41.0 Å². The summed E-state index contributed by atoms with van der Waals surface area (Å²) in [6, 6.07) is 2.56. The van der Waals surface area contributed by atoms with Gasteiger partial charge in [0.05, 0.1) is 4.90 Å². The van der Waals surface area contributed by atoms with Gasteiger partial charge in [-0.1, -0.05) is 20.3 Å². The minimum atomic E-state index is -4.88. The van der Waals surface area contributed by atoms with E-state index in [0.717, 1.165) is 24.3 Å². The Labute approximate surface area is 157 Å². The molecule has 0 saturated carbocycles. The number of alkyl halides is 3. The molecule has 0 aliphatic carbocycles. The molecule has 154 valence electrons. The molecule has 0 spiro atoms. The second kappa shape index (κ2) is 8.47. The zero-order chi connectivity index (χ0) is 21.0. The molecule has 10 heteroatoms. The Balaban J connectivity index is 3.04. The third kappa shape index (κ3) is 7.76. The maximum Gasteiger partial charge on any atom is 0.573 e. The average Bonchev–Trinajstić information content (AvgIpc) is 2.49. The zero-order valence-electron chi connectivity index (χ0n) is 15.8. The Hall–Kier alpha value is -1.81. The number of ether oxygens (including phenoxy) is 2. The topological polar surface area (TPSA) is 81.7 Å². The van der Waals surface area contributed by atoms with E-state index in [2.05, 4.69) is 9.46 Å². The van der Waals surface area contributed by atoms with Gasteiger partial charge in [-0.3, -0.25) is 4.79 Å². The van der Waals surface area contributed by atoms with E-state index in [0.29, 0.717) is 6.42 Å². The van der Waals surface area contributed by atoms with Crippen LogP contribution in [0.2, 0.25) is 0 Å². The van der Waals surface area contributed by atoms with Crippen LogP contribution < -0.4 is 9.46 Å². The molecule has 0 heterocycles. The van der Waals surface area contributed by atoms with Crippen molar-refractivity contribution in [3.8, 4) is 5.75 Å². The number of carbonyl (C=O) groups is 1. The molecule has 0 amide bonds. The first kappa shape index (κ1) is 23.2. The molecular weight excluding hydrogens is 387 g/mol. The Morgan fingerprint density at radius 1 is 1.15 bits per heavy atom.